The molecule has 1 saturated heterocycles. The molecule has 2 heterocycles. The van der Waals surface area contributed by atoms with Gasteiger partial charge < -0.3 is 19.7 Å². The summed E-state index contributed by atoms with van der Waals surface area (Å²) in [5.41, 5.74) is 1.14. The molecule has 0 unspecified atom stereocenters. The third kappa shape index (κ3) is 4.46. The zero-order valence-corrected chi connectivity index (χ0v) is 15.5. The molecule has 7 heteroatoms. The summed E-state index contributed by atoms with van der Waals surface area (Å²) in [7, 11) is 3.35. The van der Waals surface area contributed by atoms with Crippen LogP contribution in [0.1, 0.15) is 30.9 Å². The molecule has 142 valence electrons. The smallest absolute Gasteiger partial charge is 0.241 e. The van der Waals surface area contributed by atoms with Gasteiger partial charge in [-0.25, -0.2) is 0 Å². The minimum atomic E-state index is -0.124. The van der Waals surface area contributed by atoms with Crippen molar-refractivity contribution in [3.05, 3.63) is 23.8 Å². The zero-order valence-electron chi connectivity index (χ0n) is 15.5. The van der Waals surface area contributed by atoms with E-state index in [1.165, 1.54) is 4.90 Å². The summed E-state index contributed by atoms with van der Waals surface area (Å²) in [6, 6.07) is 6.24. The van der Waals surface area contributed by atoms with Crippen LogP contribution in [0.25, 0.3) is 0 Å². The van der Waals surface area contributed by atoms with Crippen LogP contribution in [0.4, 0.5) is 0 Å². The Bertz CT molecular complexity index is 662. The van der Waals surface area contributed by atoms with E-state index in [2.05, 4.69) is 16.3 Å². The average molecular weight is 361 g/mol. The Balaban J connectivity index is 1.62. The highest BCUT2D eigenvalue weighted by molar-refractivity contribution is 5.85. The molecule has 0 spiro atoms. The molecule has 7 nitrogen and oxygen atoms in total. The van der Waals surface area contributed by atoms with Crippen LogP contribution in [0, 0.1) is 0 Å². The maximum Gasteiger partial charge on any atom is 0.241 e. The lowest BCUT2D eigenvalue weighted by Crippen LogP contribution is -2.41. The molecular weight excluding hydrogens is 334 g/mol. The van der Waals surface area contributed by atoms with E-state index >= 15 is 0 Å². The van der Waals surface area contributed by atoms with Crippen LogP contribution in [0.15, 0.2) is 18.2 Å². The number of likely N-dealkylation sites (N-methyl/N-ethyl adjacent to an activating group) is 1. The van der Waals surface area contributed by atoms with E-state index in [0.717, 1.165) is 42.9 Å². The highest BCUT2D eigenvalue weighted by atomic mass is 16.5. The number of likely N-dealkylation sites (tertiary alicyclic amines) is 1. The quantitative estimate of drug-likeness (QED) is 0.853. The monoisotopic (exact) mass is 361 g/mol. The number of hydrogen-bond donors (Lipinski definition) is 1. The highest BCUT2D eigenvalue weighted by Crippen LogP contribution is 2.37. The molecular formula is C19H27N3O4. The molecule has 2 amide bonds. The maximum atomic E-state index is 12.2. The van der Waals surface area contributed by atoms with E-state index in [-0.39, 0.29) is 24.4 Å². The lowest BCUT2D eigenvalue weighted by atomic mass is 10.0. The Morgan fingerprint density at radius 1 is 1.19 bits per heavy atom. The molecule has 26 heavy (non-hydrogen) atoms. The van der Waals surface area contributed by atoms with Crippen LogP contribution < -0.4 is 14.8 Å². The second kappa shape index (κ2) is 8.40. The normalized spacial score (nSPS) is 19.7. The third-order valence-electron chi connectivity index (χ3n) is 4.80. The Hall–Kier alpha value is -2.28. The predicted octanol–water partition coefficient (Wildman–Crippen LogP) is 1.19. The molecule has 0 bridgehead atoms. The van der Waals surface area contributed by atoms with Crippen LogP contribution in [-0.2, 0) is 9.59 Å². The highest BCUT2D eigenvalue weighted by Gasteiger charge is 2.28. The van der Waals surface area contributed by atoms with Gasteiger partial charge >= 0.3 is 0 Å². The minimum Gasteiger partial charge on any atom is -0.490 e. The number of nitrogens with one attached hydrogen (secondary N) is 1. The molecule has 0 saturated carbocycles. The van der Waals surface area contributed by atoms with Crippen LogP contribution in [0.5, 0.6) is 11.5 Å². The van der Waals surface area contributed by atoms with Crippen molar-refractivity contribution in [2.24, 2.45) is 0 Å². The van der Waals surface area contributed by atoms with Crippen molar-refractivity contribution in [2.75, 3.05) is 46.9 Å². The third-order valence-corrected chi connectivity index (χ3v) is 4.80. The summed E-state index contributed by atoms with van der Waals surface area (Å²) >= 11 is 0. The minimum absolute atomic E-state index is 0.0361. The van der Waals surface area contributed by atoms with E-state index in [9.17, 15) is 9.59 Å². The Labute approximate surface area is 154 Å². The first kappa shape index (κ1) is 18.5. The fourth-order valence-corrected chi connectivity index (χ4v) is 3.35. The molecule has 0 aliphatic carbocycles. The first-order valence-electron chi connectivity index (χ1n) is 9.15. The fraction of sp³-hybridized carbons (Fsp3) is 0.579. The van der Waals surface area contributed by atoms with Crippen molar-refractivity contribution in [2.45, 2.75) is 25.3 Å². The molecule has 1 aromatic rings. The summed E-state index contributed by atoms with van der Waals surface area (Å²) < 4.78 is 11.5. The largest absolute Gasteiger partial charge is 0.490 e. The van der Waals surface area contributed by atoms with Crippen LogP contribution >= 0.6 is 0 Å². The molecule has 1 N–H and O–H groups in total. The molecule has 1 atom stereocenters. The lowest BCUT2D eigenvalue weighted by Gasteiger charge is -2.25. The van der Waals surface area contributed by atoms with Crippen molar-refractivity contribution >= 4 is 11.8 Å². The van der Waals surface area contributed by atoms with E-state index in [1.807, 2.05) is 12.1 Å². The molecule has 0 radical (unpaired) electrons. The number of nitrogens with zero attached hydrogens (tertiary/aromatic N) is 2. The number of carbonyl (C=O) groups is 2. The predicted molar refractivity (Wildman–Crippen MR) is 97.3 cm³/mol. The van der Waals surface area contributed by atoms with Gasteiger partial charge in [0.15, 0.2) is 11.5 Å². The molecule has 1 aromatic carbocycles. The topological polar surface area (TPSA) is 71.1 Å². The van der Waals surface area contributed by atoms with Gasteiger partial charge in [-0.2, -0.15) is 0 Å². The maximum absolute atomic E-state index is 12.2. The van der Waals surface area contributed by atoms with Gasteiger partial charge in [0.25, 0.3) is 0 Å². The number of rotatable bonds is 5. The number of amides is 2. The number of carbonyl (C=O) groups excluding carboxylic acids is 2. The van der Waals surface area contributed by atoms with Crippen molar-refractivity contribution in [3.63, 3.8) is 0 Å². The average Bonchev–Trinajstić information content (AvgIpc) is 2.95. The molecule has 2 aliphatic heterocycles. The first-order chi connectivity index (χ1) is 12.5. The molecule has 3 rings (SSSR count). The van der Waals surface area contributed by atoms with Gasteiger partial charge in [0.1, 0.15) is 0 Å². The lowest BCUT2D eigenvalue weighted by molar-refractivity contribution is -0.131. The Kier molecular flexibility index (Phi) is 5.98. The molecule has 1 fully saturated rings. The number of fused-ring (bicyclic) bond motifs is 1. The van der Waals surface area contributed by atoms with E-state index in [1.54, 1.807) is 14.1 Å². The summed E-state index contributed by atoms with van der Waals surface area (Å²) in [6.45, 7) is 2.53. The Morgan fingerprint density at radius 3 is 2.73 bits per heavy atom. The SMILES string of the molecule is CN(C)C(=O)CNC(=O)CN1CCC[C@@H]1c1ccc2c(c1)OCCCO2. The van der Waals surface area contributed by atoms with Gasteiger partial charge in [0.2, 0.25) is 11.8 Å². The second-order valence-corrected chi connectivity index (χ2v) is 6.95. The first-order valence-corrected chi connectivity index (χ1v) is 9.15. The summed E-state index contributed by atoms with van der Waals surface area (Å²) in [5, 5.41) is 2.70. The number of hydrogen-bond acceptors (Lipinski definition) is 5. The van der Waals surface area contributed by atoms with E-state index in [0.29, 0.717) is 19.8 Å². The number of ether oxygens (including phenoxy) is 2. The van der Waals surface area contributed by atoms with Crippen molar-refractivity contribution in [1.29, 1.82) is 0 Å². The van der Waals surface area contributed by atoms with Gasteiger partial charge in [0, 0.05) is 26.6 Å². The van der Waals surface area contributed by atoms with Gasteiger partial charge in [-0.3, -0.25) is 14.5 Å². The summed E-state index contributed by atoms with van der Waals surface area (Å²) in [6.07, 6.45) is 2.93. The van der Waals surface area contributed by atoms with Crippen LogP contribution in [0.2, 0.25) is 0 Å². The fourth-order valence-electron chi connectivity index (χ4n) is 3.35. The second-order valence-electron chi connectivity index (χ2n) is 6.95. The molecule has 0 aromatic heterocycles. The Morgan fingerprint density at radius 2 is 1.96 bits per heavy atom. The van der Waals surface area contributed by atoms with Crippen molar-refractivity contribution in [1.82, 2.24) is 15.1 Å². The van der Waals surface area contributed by atoms with E-state index < -0.39 is 0 Å². The van der Waals surface area contributed by atoms with Gasteiger partial charge in [-0.15, -0.1) is 0 Å². The van der Waals surface area contributed by atoms with Gasteiger partial charge in [0.05, 0.1) is 26.3 Å². The van der Waals surface area contributed by atoms with Crippen LogP contribution in [0.3, 0.4) is 0 Å². The standard InChI is InChI=1S/C19H27N3O4/c1-21(2)19(24)12-20-18(23)13-22-8-3-5-15(22)14-6-7-16-17(11-14)26-10-4-9-25-16/h6-7,11,15H,3-5,8-10,12-13H2,1-2H3,(H,20,23)/t15-/m1/s1. The van der Waals surface area contributed by atoms with E-state index in [4.69, 9.17) is 9.47 Å². The number of benzene rings is 1. The van der Waals surface area contributed by atoms with Gasteiger partial charge in [-0.05, 0) is 37.1 Å². The van der Waals surface area contributed by atoms with Gasteiger partial charge in [-0.1, -0.05) is 6.07 Å². The zero-order chi connectivity index (χ0) is 18.5. The van der Waals surface area contributed by atoms with Crippen molar-refractivity contribution < 1.29 is 19.1 Å². The van der Waals surface area contributed by atoms with Crippen LogP contribution in [-0.4, -0.2) is 68.6 Å². The van der Waals surface area contributed by atoms with Crippen molar-refractivity contribution in [3.8, 4) is 11.5 Å². The summed E-state index contributed by atoms with van der Waals surface area (Å²) in [4.78, 5) is 27.4. The molecule has 2 aliphatic rings. The summed E-state index contributed by atoms with van der Waals surface area (Å²) in [5.74, 6) is 1.34.